The average molecular weight is 842 g/mol. The van der Waals surface area contributed by atoms with Crippen molar-refractivity contribution in [3.05, 3.63) is 58.2 Å². The third kappa shape index (κ3) is 8.20. The van der Waals surface area contributed by atoms with Crippen LogP contribution in [0.5, 0.6) is 0 Å². The number of esters is 1. The van der Waals surface area contributed by atoms with Crippen LogP contribution in [0.4, 0.5) is 0 Å². The molecule has 0 spiro atoms. The number of aromatic nitrogens is 2. The van der Waals surface area contributed by atoms with Gasteiger partial charge in [0.25, 0.3) is 5.91 Å². The summed E-state index contributed by atoms with van der Waals surface area (Å²) in [4.78, 5) is 67.2. The van der Waals surface area contributed by atoms with E-state index in [1.54, 1.807) is 25.3 Å². The molecule has 14 nitrogen and oxygen atoms in total. The number of cyclic esters (lactones) is 1. The van der Waals surface area contributed by atoms with Gasteiger partial charge in [-0.1, -0.05) is 32.6 Å². The van der Waals surface area contributed by atoms with Crippen LogP contribution in [0.2, 0.25) is 0 Å². The number of hydrogen-bond acceptors (Lipinski definition) is 11. The largest absolute Gasteiger partial charge is 0.464 e. The van der Waals surface area contributed by atoms with Crippen molar-refractivity contribution in [2.45, 2.75) is 98.1 Å². The second-order valence-electron chi connectivity index (χ2n) is 17.0. The van der Waals surface area contributed by atoms with Gasteiger partial charge < -0.3 is 29.0 Å². The number of ether oxygens (including phenoxy) is 3. The summed E-state index contributed by atoms with van der Waals surface area (Å²) in [5.74, 6) is -2.32. The average Bonchev–Trinajstić information content (AvgIpc) is 3.65. The molecule has 2 N–H and O–H groups in total. The number of hydrazine groups is 1. The number of thiazole rings is 1. The van der Waals surface area contributed by atoms with Gasteiger partial charge in [0.2, 0.25) is 11.8 Å². The zero-order chi connectivity index (χ0) is 43.0. The minimum atomic E-state index is -1.19. The van der Waals surface area contributed by atoms with E-state index in [-0.39, 0.29) is 37.0 Å². The molecule has 322 valence electrons. The Labute approximate surface area is 356 Å². The van der Waals surface area contributed by atoms with E-state index in [0.29, 0.717) is 49.6 Å². The zero-order valence-corrected chi connectivity index (χ0v) is 36.9. The van der Waals surface area contributed by atoms with E-state index in [1.165, 1.54) is 16.3 Å². The molecule has 3 aliphatic heterocycles. The van der Waals surface area contributed by atoms with E-state index in [1.807, 2.05) is 38.3 Å². The number of methoxy groups -OCH3 is 1. The van der Waals surface area contributed by atoms with E-state index in [9.17, 15) is 19.2 Å². The summed E-state index contributed by atoms with van der Waals surface area (Å²) < 4.78 is 20.5. The van der Waals surface area contributed by atoms with Gasteiger partial charge in [0.05, 0.1) is 41.6 Å². The van der Waals surface area contributed by atoms with Crippen LogP contribution in [0.1, 0.15) is 83.2 Å². The molecule has 2 saturated heterocycles. The quantitative estimate of drug-likeness (QED) is 0.148. The second-order valence-corrected chi connectivity index (χ2v) is 17.9. The summed E-state index contributed by atoms with van der Waals surface area (Å²) in [5.41, 5.74) is 8.83. The fourth-order valence-corrected chi connectivity index (χ4v) is 10.1. The normalized spacial score (nSPS) is 26.6. The number of carbonyl (C=O) groups is 4. The number of amides is 3. The lowest BCUT2D eigenvalue weighted by Gasteiger charge is -2.37. The molecule has 7 rings (SSSR count). The van der Waals surface area contributed by atoms with Crippen LogP contribution in [0, 0.1) is 23.2 Å². The second kappa shape index (κ2) is 17.7. The summed E-state index contributed by atoms with van der Waals surface area (Å²) in [6.07, 6.45) is 4.62. The van der Waals surface area contributed by atoms with Crippen LogP contribution in [-0.2, 0) is 46.4 Å². The molecule has 7 atom stereocenters. The van der Waals surface area contributed by atoms with Gasteiger partial charge in [-0.3, -0.25) is 29.2 Å². The lowest BCUT2D eigenvalue weighted by Crippen LogP contribution is -2.61. The van der Waals surface area contributed by atoms with E-state index in [2.05, 4.69) is 54.8 Å². The van der Waals surface area contributed by atoms with Crippen LogP contribution in [0.3, 0.4) is 0 Å². The van der Waals surface area contributed by atoms with Gasteiger partial charge in [-0.25, -0.2) is 10.4 Å². The molecule has 0 unspecified atom stereocenters. The number of aliphatic imine (C=N–C) groups is 1. The van der Waals surface area contributed by atoms with Gasteiger partial charge in [0, 0.05) is 79.4 Å². The van der Waals surface area contributed by atoms with Crippen LogP contribution >= 0.6 is 11.3 Å². The highest BCUT2D eigenvalue weighted by atomic mass is 32.1. The van der Waals surface area contributed by atoms with Crippen molar-refractivity contribution in [1.82, 2.24) is 30.2 Å². The van der Waals surface area contributed by atoms with E-state index in [0.717, 1.165) is 45.4 Å². The smallest absolute Gasteiger partial charge is 0.324 e. The Morgan fingerprint density at radius 3 is 2.68 bits per heavy atom. The molecule has 0 radical (unpaired) electrons. The Balaban J connectivity index is 1.38. The number of likely N-dealkylation sites (tertiary alicyclic amines) is 1. The highest BCUT2D eigenvalue weighted by molar-refractivity contribution is 7.10. The molecule has 2 aromatic heterocycles. The Hall–Kier alpha value is -4.70. The minimum Gasteiger partial charge on any atom is -0.464 e. The van der Waals surface area contributed by atoms with E-state index < -0.39 is 47.3 Å². The number of rotatable bonds is 10. The molecule has 1 saturated carbocycles. The standard InChI is InChI=1S/C45H59N7O7S/c1-10-27(36(46-11-2)25(5)57-9)38-30-22-45(6,7)24-59-44(56)31-15-14-19-52(49-31)43(55)37(48-40(53)34-28-18-20-50(8)42(54)35(28)34)39(58-13-4)41-47-32(23-60-41)26-16-17-33(29(30)21-26)51(38)12-3/h10-11,16-17,21,23,25,28,31,34-35,37,39,49H,1,12-15,18-20,22,24H2,2-9H3,(H,48,53)/b36-27+,46-11?/t25-,28+,31-,34+,35+,37-,39-/m0/s1. The summed E-state index contributed by atoms with van der Waals surface area (Å²) in [6, 6.07) is 4.32. The minimum absolute atomic E-state index is 0.0479. The first-order valence-electron chi connectivity index (χ1n) is 21.2. The van der Waals surface area contributed by atoms with Crippen molar-refractivity contribution in [3.8, 4) is 11.3 Å². The molecule has 3 aromatic rings. The number of nitrogens with zero attached hydrogens (tertiary/aromatic N) is 5. The van der Waals surface area contributed by atoms with E-state index >= 15 is 0 Å². The number of carbonyl (C=O) groups excluding carboxylic acids is 4. The third-order valence-electron chi connectivity index (χ3n) is 12.4. The number of hydrogen-bond donors (Lipinski definition) is 2. The fourth-order valence-electron chi connectivity index (χ4n) is 9.24. The van der Waals surface area contributed by atoms with Gasteiger partial charge >= 0.3 is 5.97 Å². The molecular formula is C45H59N7O7S. The number of nitrogens with one attached hydrogen (secondary N) is 2. The molecule has 3 amide bonds. The molecule has 5 heterocycles. The number of aryl methyl sites for hydroxylation is 1. The Morgan fingerprint density at radius 2 is 1.98 bits per heavy atom. The number of piperidine rings is 1. The molecule has 3 fully saturated rings. The molecule has 1 aromatic carbocycles. The fraction of sp³-hybridized carbons (Fsp3) is 0.556. The molecule has 6 bridgehead atoms. The topological polar surface area (TPSA) is 157 Å². The number of allylic oxidation sites excluding steroid dienone is 2. The molecule has 1 aliphatic carbocycles. The lowest BCUT2D eigenvalue weighted by molar-refractivity contribution is -0.156. The first kappa shape index (κ1) is 43.4. The first-order chi connectivity index (χ1) is 28.8. The predicted octanol–water partition coefficient (Wildman–Crippen LogP) is 5.72. The summed E-state index contributed by atoms with van der Waals surface area (Å²) >= 11 is 1.36. The Kier molecular flexibility index (Phi) is 12.8. The zero-order valence-electron chi connectivity index (χ0n) is 36.1. The molecule has 60 heavy (non-hydrogen) atoms. The molecule has 4 aliphatic rings. The van der Waals surface area contributed by atoms with Crippen LogP contribution in [0.25, 0.3) is 27.7 Å². The van der Waals surface area contributed by atoms with Crippen LogP contribution in [-0.4, -0.2) is 108 Å². The summed E-state index contributed by atoms with van der Waals surface area (Å²) in [7, 11) is 3.42. The Bertz CT molecular complexity index is 2220. The summed E-state index contributed by atoms with van der Waals surface area (Å²) in [6.45, 7) is 18.2. The van der Waals surface area contributed by atoms with Crippen molar-refractivity contribution in [2.75, 3.05) is 40.5 Å². The predicted molar refractivity (Wildman–Crippen MR) is 232 cm³/mol. The van der Waals surface area contributed by atoms with Gasteiger partial charge in [-0.2, -0.15) is 0 Å². The number of fused-ring (bicyclic) bond motifs is 7. The van der Waals surface area contributed by atoms with Crippen molar-refractivity contribution in [1.29, 1.82) is 0 Å². The van der Waals surface area contributed by atoms with Gasteiger partial charge in [0.1, 0.15) is 23.2 Å². The van der Waals surface area contributed by atoms with Crippen molar-refractivity contribution in [2.24, 2.45) is 28.2 Å². The van der Waals surface area contributed by atoms with Crippen molar-refractivity contribution >= 4 is 57.7 Å². The van der Waals surface area contributed by atoms with Gasteiger partial charge in [-0.15, -0.1) is 11.3 Å². The first-order valence-corrected chi connectivity index (χ1v) is 22.1. The molecular weight excluding hydrogens is 783 g/mol. The van der Waals surface area contributed by atoms with Crippen LogP contribution < -0.4 is 10.7 Å². The maximum atomic E-state index is 14.7. The van der Waals surface area contributed by atoms with Gasteiger partial charge in [-0.05, 0) is 77.0 Å². The number of benzene rings is 1. The molecule has 15 heteroatoms. The van der Waals surface area contributed by atoms with Crippen molar-refractivity contribution < 1.29 is 33.4 Å². The van der Waals surface area contributed by atoms with Crippen molar-refractivity contribution in [3.63, 3.8) is 0 Å². The van der Waals surface area contributed by atoms with Crippen LogP contribution in [0.15, 0.2) is 46.9 Å². The lowest BCUT2D eigenvalue weighted by atomic mass is 9.84. The summed E-state index contributed by atoms with van der Waals surface area (Å²) in [5, 5.41) is 7.93. The third-order valence-corrected chi connectivity index (χ3v) is 13.3. The maximum Gasteiger partial charge on any atom is 0.324 e. The van der Waals surface area contributed by atoms with Gasteiger partial charge in [0.15, 0.2) is 0 Å². The monoisotopic (exact) mass is 841 g/mol. The SMILES string of the molecule is C=C/C(=C(\N=CC)[C@H](C)OC)c1c2c3cc(ccc3n1CC)-c1csc(n1)[C@@H](OCC)[C@H](NC(=O)[C@@H]1[C@H]3CCN(C)C(=O)[C@H]31)C(=O)N1CCC[C@H](N1)C(=O)OCC(C)(C)C2. The highest BCUT2D eigenvalue weighted by Gasteiger charge is 2.61. The Morgan fingerprint density at radius 1 is 1.20 bits per heavy atom. The van der Waals surface area contributed by atoms with E-state index in [4.69, 9.17) is 24.2 Å². The highest BCUT2D eigenvalue weighted by Crippen LogP contribution is 2.52. The maximum absolute atomic E-state index is 14.7.